The predicted molar refractivity (Wildman–Crippen MR) is 147 cm³/mol. The molecule has 1 saturated heterocycles. The molecule has 0 unspecified atom stereocenters. The highest BCUT2D eigenvalue weighted by molar-refractivity contribution is 7.89. The number of amides is 1. The Morgan fingerprint density at radius 1 is 1.08 bits per heavy atom. The van der Waals surface area contributed by atoms with E-state index < -0.39 is 16.1 Å². The zero-order valence-electron chi connectivity index (χ0n) is 21.2. The van der Waals surface area contributed by atoms with Crippen molar-refractivity contribution in [2.24, 2.45) is 23.1 Å². The van der Waals surface area contributed by atoms with Gasteiger partial charge in [-0.05, 0) is 80.9 Å². The fourth-order valence-corrected chi connectivity index (χ4v) is 5.78. The highest BCUT2D eigenvalue weighted by Crippen LogP contribution is 2.22. The second-order valence-electron chi connectivity index (χ2n) is 9.43. The average Bonchev–Trinajstić information content (AvgIpc) is 2.89. The summed E-state index contributed by atoms with van der Waals surface area (Å²) in [5.41, 5.74) is 18.8. The number of hydrogen-bond donors (Lipinski definition) is 6. The first kappa shape index (κ1) is 28.6. The molecule has 1 amide bonds. The summed E-state index contributed by atoms with van der Waals surface area (Å²) < 4.78 is 29.5. The van der Waals surface area contributed by atoms with Gasteiger partial charge in [-0.3, -0.25) is 10.2 Å². The Hall–Kier alpha value is -2.99. The van der Waals surface area contributed by atoms with Crippen molar-refractivity contribution in [2.75, 3.05) is 38.0 Å². The molecule has 37 heavy (non-hydrogen) atoms. The number of anilines is 1. The van der Waals surface area contributed by atoms with Gasteiger partial charge in [-0.25, -0.2) is 8.42 Å². The van der Waals surface area contributed by atoms with Gasteiger partial charge in [0.15, 0.2) is 0 Å². The monoisotopic (exact) mass is 529 g/mol. The average molecular weight is 530 g/mol. The van der Waals surface area contributed by atoms with E-state index in [0.29, 0.717) is 55.5 Å². The number of rotatable bonds is 13. The van der Waals surface area contributed by atoms with Crippen LogP contribution in [0, 0.1) is 11.3 Å². The molecule has 0 saturated carbocycles. The van der Waals surface area contributed by atoms with E-state index in [-0.39, 0.29) is 23.1 Å². The summed E-state index contributed by atoms with van der Waals surface area (Å²) >= 11 is 0. The quantitative estimate of drug-likeness (QED) is 0.128. The van der Waals surface area contributed by atoms with E-state index in [4.69, 9.17) is 22.6 Å². The zero-order chi connectivity index (χ0) is 26.8. The minimum atomic E-state index is -4.01. The molecule has 1 heterocycles. The number of nitrogens with two attached hydrogens (primary N) is 3. The van der Waals surface area contributed by atoms with Crippen molar-refractivity contribution in [1.82, 2.24) is 9.62 Å². The summed E-state index contributed by atoms with van der Waals surface area (Å²) in [6.45, 7) is 2.91. The van der Waals surface area contributed by atoms with Gasteiger partial charge in [0.25, 0.3) is 0 Å². The lowest BCUT2D eigenvalue weighted by Gasteiger charge is -2.34. The number of hydrogen-bond acceptors (Lipinski definition) is 7. The van der Waals surface area contributed by atoms with Crippen molar-refractivity contribution in [3.8, 4) is 0 Å². The molecular weight excluding hydrogens is 490 g/mol. The maximum atomic E-state index is 13.6. The van der Waals surface area contributed by atoms with Gasteiger partial charge in [0.1, 0.15) is 11.9 Å². The first-order chi connectivity index (χ1) is 17.7. The molecule has 0 aromatic heterocycles. The van der Waals surface area contributed by atoms with Crippen molar-refractivity contribution in [1.29, 1.82) is 5.41 Å². The molecule has 0 radical (unpaired) electrons. The van der Waals surface area contributed by atoms with E-state index >= 15 is 0 Å². The molecule has 11 heteroatoms. The molecule has 1 atom stereocenters. The van der Waals surface area contributed by atoms with E-state index in [1.807, 2.05) is 0 Å². The topological polar surface area (TPSA) is 180 Å². The van der Waals surface area contributed by atoms with Gasteiger partial charge in [0.05, 0.1) is 4.90 Å². The molecule has 1 aliphatic rings. The van der Waals surface area contributed by atoms with E-state index in [9.17, 15) is 13.2 Å². The van der Waals surface area contributed by atoms with E-state index in [2.05, 4.69) is 10.0 Å². The Morgan fingerprint density at radius 2 is 1.81 bits per heavy atom. The van der Waals surface area contributed by atoms with Gasteiger partial charge in [0.2, 0.25) is 15.9 Å². The van der Waals surface area contributed by atoms with Crippen LogP contribution < -0.4 is 27.2 Å². The van der Waals surface area contributed by atoms with Crippen molar-refractivity contribution < 1.29 is 13.2 Å². The van der Waals surface area contributed by atoms with Gasteiger partial charge in [0, 0.05) is 30.9 Å². The van der Waals surface area contributed by atoms with Crippen molar-refractivity contribution in [2.45, 2.75) is 43.0 Å². The van der Waals surface area contributed by atoms with Crippen LogP contribution in [0.2, 0.25) is 0 Å². The molecule has 2 aromatic carbocycles. The first-order valence-corrected chi connectivity index (χ1v) is 14.2. The molecule has 2 aromatic rings. The van der Waals surface area contributed by atoms with Crippen LogP contribution in [0.4, 0.5) is 5.69 Å². The number of piperidine rings is 1. The summed E-state index contributed by atoms with van der Waals surface area (Å²) in [6, 6.07) is 12.5. The first-order valence-electron chi connectivity index (χ1n) is 12.7. The smallest absolute Gasteiger partial charge is 0.241 e. The summed E-state index contributed by atoms with van der Waals surface area (Å²) in [5.74, 6) is 0.123. The molecule has 1 fully saturated rings. The van der Waals surface area contributed by atoms with Crippen LogP contribution in [0.15, 0.2) is 53.4 Å². The molecule has 10 nitrogen and oxygen atoms in total. The Kier molecular flexibility index (Phi) is 10.4. The third-order valence-electron chi connectivity index (χ3n) is 6.63. The van der Waals surface area contributed by atoms with Gasteiger partial charge >= 0.3 is 0 Å². The number of nitrogens with one attached hydrogen (secondary N) is 3. The number of benzene rings is 2. The second-order valence-corrected chi connectivity index (χ2v) is 11.1. The van der Waals surface area contributed by atoms with Crippen LogP contribution in [-0.2, 0) is 21.2 Å². The fourth-order valence-electron chi connectivity index (χ4n) is 4.54. The van der Waals surface area contributed by atoms with Crippen LogP contribution in [0.3, 0.4) is 0 Å². The normalized spacial score (nSPS) is 15.4. The maximum Gasteiger partial charge on any atom is 0.241 e. The maximum absolute atomic E-state index is 13.6. The number of likely N-dealkylation sites (tertiary alicyclic amines) is 1. The summed E-state index contributed by atoms with van der Waals surface area (Å²) in [7, 11) is -4.01. The molecule has 9 N–H and O–H groups in total. The number of carbonyl (C=O) groups is 1. The molecular formula is C26H39N7O3S. The molecule has 1 aliphatic heterocycles. The lowest BCUT2D eigenvalue weighted by atomic mass is 9.93. The van der Waals surface area contributed by atoms with E-state index in [0.717, 1.165) is 25.7 Å². The number of nitrogens with zero attached hydrogens (tertiary/aromatic N) is 1. The van der Waals surface area contributed by atoms with Crippen LogP contribution in [-0.4, -0.2) is 63.8 Å². The standard InChI is InChI=1S/C26H39N7O3S/c27-11-3-13-31-22-6-2-7-23(18-22)37(35,36)32-24(17-20-4-1-5-21(16-20)25(29)30)26(34)33-14-9-19(8-12-28)10-15-33/h1-2,4-7,16,18-19,24,31-32H,3,8-15,17,27-28H2,(H3,29,30)/t24-/m0/s1. The predicted octanol–water partition coefficient (Wildman–Crippen LogP) is 1.21. The number of sulfonamides is 1. The summed E-state index contributed by atoms with van der Waals surface area (Å²) in [5, 5.41) is 10.9. The molecule has 0 bridgehead atoms. The number of nitrogen functional groups attached to an aromatic ring is 1. The molecule has 0 aliphatic carbocycles. The Morgan fingerprint density at radius 3 is 2.49 bits per heavy atom. The van der Waals surface area contributed by atoms with Gasteiger partial charge in [-0.2, -0.15) is 4.72 Å². The minimum Gasteiger partial charge on any atom is -0.385 e. The highest BCUT2D eigenvalue weighted by Gasteiger charge is 2.32. The SMILES string of the molecule is N=C(N)c1cccc(C[C@H](NS(=O)(=O)c2cccc(NCCCN)c2)C(=O)N2CCC(CCN)CC2)c1. The van der Waals surface area contributed by atoms with Crippen molar-refractivity contribution >= 4 is 27.5 Å². The number of amidine groups is 1. The lowest BCUT2D eigenvalue weighted by molar-refractivity contribution is -0.134. The number of carbonyl (C=O) groups excluding carboxylic acids is 1. The van der Waals surface area contributed by atoms with Crippen LogP contribution >= 0.6 is 0 Å². The largest absolute Gasteiger partial charge is 0.385 e. The summed E-state index contributed by atoms with van der Waals surface area (Å²) in [4.78, 5) is 15.4. The van der Waals surface area contributed by atoms with Crippen LogP contribution in [0.25, 0.3) is 0 Å². The summed E-state index contributed by atoms with van der Waals surface area (Å²) in [6.07, 6.45) is 3.51. The Bertz CT molecular complexity index is 1160. The molecule has 3 rings (SSSR count). The lowest BCUT2D eigenvalue weighted by Crippen LogP contribution is -2.51. The van der Waals surface area contributed by atoms with Gasteiger partial charge in [-0.15, -0.1) is 0 Å². The Labute approximate surface area is 219 Å². The zero-order valence-corrected chi connectivity index (χ0v) is 22.0. The Balaban J connectivity index is 1.83. The van der Waals surface area contributed by atoms with E-state index in [1.54, 1.807) is 47.4 Å². The van der Waals surface area contributed by atoms with Gasteiger partial charge < -0.3 is 27.4 Å². The van der Waals surface area contributed by atoms with Crippen LogP contribution in [0.5, 0.6) is 0 Å². The highest BCUT2D eigenvalue weighted by atomic mass is 32.2. The fraction of sp³-hybridized carbons (Fsp3) is 0.462. The van der Waals surface area contributed by atoms with Crippen molar-refractivity contribution in [3.63, 3.8) is 0 Å². The third kappa shape index (κ3) is 8.26. The third-order valence-corrected chi connectivity index (χ3v) is 8.10. The van der Waals surface area contributed by atoms with E-state index in [1.165, 1.54) is 6.07 Å². The second kappa shape index (κ2) is 13.5. The minimum absolute atomic E-state index is 0.0715. The van der Waals surface area contributed by atoms with Crippen LogP contribution in [0.1, 0.15) is 36.8 Å². The van der Waals surface area contributed by atoms with Gasteiger partial charge in [-0.1, -0.05) is 24.3 Å². The molecule has 0 spiro atoms. The van der Waals surface area contributed by atoms with Crippen molar-refractivity contribution in [3.05, 3.63) is 59.7 Å². The molecule has 202 valence electrons.